The van der Waals surface area contributed by atoms with E-state index in [9.17, 15) is 5.11 Å². The maximum absolute atomic E-state index is 10.6. The van der Waals surface area contributed by atoms with Gasteiger partial charge in [-0.15, -0.1) is 11.3 Å². The van der Waals surface area contributed by atoms with Crippen molar-refractivity contribution in [3.63, 3.8) is 0 Å². The number of hydrogen-bond donors (Lipinski definition) is 2. The van der Waals surface area contributed by atoms with Crippen molar-refractivity contribution in [3.8, 4) is 0 Å². The van der Waals surface area contributed by atoms with Crippen molar-refractivity contribution in [1.82, 2.24) is 24.5 Å². The van der Waals surface area contributed by atoms with E-state index in [1.54, 1.807) is 11.3 Å². The van der Waals surface area contributed by atoms with Crippen molar-refractivity contribution in [1.29, 1.82) is 0 Å². The molecule has 1 aromatic carbocycles. The predicted octanol–water partition coefficient (Wildman–Crippen LogP) is 4.12. The summed E-state index contributed by atoms with van der Waals surface area (Å²) in [7, 11) is 0. The number of aliphatic hydroxyl groups excluding tert-OH is 1. The molecule has 1 saturated carbocycles. The lowest BCUT2D eigenvalue weighted by Crippen LogP contribution is -2.27. The molecule has 1 saturated heterocycles. The average Bonchev–Trinajstić information content (AvgIpc) is 3.57. The summed E-state index contributed by atoms with van der Waals surface area (Å²) in [6.07, 6.45) is 7.77. The van der Waals surface area contributed by atoms with Crippen molar-refractivity contribution in [2.45, 2.75) is 57.2 Å². The predicted molar refractivity (Wildman–Crippen MR) is 127 cm³/mol. The number of para-hydroxylation sites is 1. The highest BCUT2D eigenvalue weighted by Gasteiger charge is 2.28. The lowest BCUT2D eigenvalue weighted by Gasteiger charge is -2.29. The molecule has 4 aromatic rings. The first-order valence-electron chi connectivity index (χ1n) is 11.5. The molecule has 3 aromatic heterocycles. The SMILES string of the molecule is O[C@@H]1CCCCC1n1cnc2c(NCc3nc4ccccc4s3)nc(N3CCCC3)nc21. The molecule has 2 aliphatic rings. The zero-order chi connectivity index (χ0) is 21.5. The summed E-state index contributed by atoms with van der Waals surface area (Å²) >= 11 is 1.69. The van der Waals surface area contributed by atoms with E-state index in [0.29, 0.717) is 6.54 Å². The third-order valence-electron chi connectivity index (χ3n) is 6.59. The highest BCUT2D eigenvalue weighted by atomic mass is 32.1. The lowest BCUT2D eigenvalue weighted by molar-refractivity contribution is 0.0770. The fourth-order valence-electron chi connectivity index (χ4n) is 4.90. The number of imidazole rings is 1. The maximum atomic E-state index is 10.6. The highest BCUT2D eigenvalue weighted by molar-refractivity contribution is 7.18. The minimum absolute atomic E-state index is 0.0205. The van der Waals surface area contributed by atoms with Crippen LogP contribution in [0.4, 0.5) is 11.8 Å². The minimum atomic E-state index is -0.356. The number of aromatic nitrogens is 5. The molecule has 9 heteroatoms. The second kappa shape index (κ2) is 8.29. The van der Waals surface area contributed by atoms with Crippen LogP contribution in [-0.4, -0.2) is 48.8 Å². The Bertz CT molecular complexity index is 1210. The summed E-state index contributed by atoms with van der Waals surface area (Å²) in [5.74, 6) is 1.48. The topological polar surface area (TPSA) is 92.0 Å². The number of rotatable bonds is 5. The first kappa shape index (κ1) is 19.9. The Morgan fingerprint density at radius 1 is 1.03 bits per heavy atom. The molecule has 2 fully saturated rings. The number of benzene rings is 1. The van der Waals surface area contributed by atoms with E-state index in [2.05, 4.69) is 25.8 Å². The first-order chi connectivity index (χ1) is 15.8. The first-order valence-corrected chi connectivity index (χ1v) is 12.3. The van der Waals surface area contributed by atoms with Gasteiger partial charge in [0.25, 0.3) is 0 Å². The molecule has 8 nitrogen and oxygen atoms in total. The van der Waals surface area contributed by atoms with Gasteiger partial charge in [-0.25, -0.2) is 9.97 Å². The third-order valence-corrected chi connectivity index (χ3v) is 7.63. The summed E-state index contributed by atoms with van der Waals surface area (Å²) in [6, 6.07) is 8.22. The third kappa shape index (κ3) is 3.59. The van der Waals surface area contributed by atoms with Crippen molar-refractivity contribution in [3.05, 3.63) is 35.6 Å². The molecule has 0 radical (unpaired) electrons. The van der Waals surface area contributed by atoms with E-state index in [4.69, 9.17) is 15.0 Å². The van der Waals surface area contributed by atoms with E-state index in [1.807, 2.05) is 24.5 Å². The van der Waals surface area contributed by atoms with Gasteiger partial charge in [0.05, 0.1) is 35.2 Å². The van der Waals surface area contributed by atoms with Crippen LogP contribution in [0.25, 0.3) is 21.4 Å². The molecule has 1 aliphatic carbocycles. The standard InChI is InChI=1S/C23H27N7OS/c31-17-9-3-2-8-16(17)30-14-25-20-21(27-23(28-22(20)30)29-11-5-6-12-29)24-13-19-26-15-7-1-4-10-18(15)32-19/h1,4,7,10,14,16-17,31H,2-3,5-6,8-9,11-13H2,(H,24,27,28)/t16?,17-/m1/s1. The molecule has 2 atom stereocenters. The molecule has 4 heterocycles. The Labute approximate surface area is 190 Å². The lowest BCUT2D eigenvalue weighted by atomic mass is 9.92. The summed E-state index contributed by atoms with van der Waals surface area (Å²) in [5, 5.41) is 15.2. The van der Waals surface area contributed by atoms with Crippen molar-refractivity contribution in [2.24, 2.45) is 0 Å². The van der Waals surface area contributed by atoms with Gasteiger partial charge in [-0.3, -0.25) is 0 Å². The second-order valence-electron chi connectivity index (χ2n) is 8.74. The smallest absolute Gasteiger partial charge is 0.229 e. The van der Waals surface area contributed by atoms with Crippen molar-refractivity contribution >= 4 is 44.5 Å². The van der Waals surface area contributed by atoms with Gasteiger partial charge in [-0.2, -0.15) is 9.97 Å². The van der Waals surface area contributed by atoms with Gasteiger partial charge in [-0.1, -0.05) is 25.0 Å². The van der Waals surface area contributed by atoms with Crippen LogP contribution in [0.2, 0.25) is 0 Å². The molecule has 1 aliphatic heterocycles. The van der Waals surface area contributed by atoms with Crippen molar-refractivity contribution < 1.29 is 5.11 Å². The molecular weight excluding hydrogens is 422 g/mol. The number of hydrogen-bond acceptors (Lipinski definition) is 8. The van der Waals surface area contributed by atoms with Gasteiger partial charge >= 0.3 is 0 Å². The van der Waals surface area contributed by atoms with Crippen LogP contribution >= 0.6 is 11.3 Å². The van der Waals surface area contributed by atoms with Crippen LogP contribution in [0, 0.1) is 0 Å². The Morgan fingerprint density at radius 2 is 1.88 bits per heavy atom. The Morgan fingerprint density at radius 3 is 2.72 bits per heavy atom. The number of thiazole rings is 1. The van der Waals surface area contributed by atoms with E-state index < -0.39 is 0 Å². The fraction of sp³-hybridized carbons (Fsp3) is 0.478. The van der Waals surface area contributed by atoms with Crippen LogP contribution in [0.1, 0.15) is 49.6 Å². The normalized spacial score (nSPS) is 21.6. The van der Waals surface area contributed by atoms with Gasteiger partial charge in [-0.05, 0) is 37.8 Å². The van der Waals surface area contributed by atoms with E-state index in [-0.39, 0.29) is 12.1 Å². The van der Waals surface area contributed by atoms with Crippen LogP contribution in [0.15, 0.2) is 30.6 Å². The van der Waals surface area contributed by atoms with Gasteiger partial charge in [0.15, 0.2) is 17.0 Å². The highest BCUT2D eigenvalue weighted by Crippen LogP contribution is 2.33. The zero-order valence-corrected chi connectivity index (χ0v) is 18.8. The number of fused-ring (bicyclic) bond motifs is 2. The quantitative estimate of drug-likeness (QED) is 0.473. The Kier molecular flexibility index (Phi) is 5.15. The summed E-state index contributed by atoms with van der Waals surface area (Å²) in [4.78, 5) is 21.5. The summed E-state index contributed by atoms with van der Waals surface area (Å²) in [5.41, 5.74) is 2.59. The molecule has 1 unspecified atom stereocenters. The minimum Gasteiger partial charge on any atom is -0.391 e. The van der Waals surface area contributed by atoms with Crippen LogP contribution in [0.5, 0.6) is 0 Å². The number of nitrogens with zero attached hydrogens (tertiary/aromatic N) is 6. The van der Waals surface area contributed by atoms with Crippen LogP contribution in [-0.2, 0) is 6.54 Å². The monoisotopic (exact) mass is 449 g/mol. The molecule has 32 heavy (non-hydrogen) atoms. The Balaban J connectivity index is 1.37. The van der Waals surface area contributed by atoms with Crippen LogP contribution < -0.4 is 10.2 Å². The van der Waals surface area contributed by atoms with Gasteiger partial charge < -0.3 is 19.9 Å². The molecule has 0 amide bonds. The number of nitrogens with one attached hydrogen (secondary N) is 1. The molecule has 166 valence electrons. The average molecular weight is 450 g/mol. The number of anilines is 2. The fourth-order valence-corrected chi connectivity index (χ4v) is 5.81. The summed E-state index contributed by atoms with van der Waals surface area (Å²) in [6.45, 7) is 2.54. The van der Waals surface area contributed by atoms with E-state index in [1.165, 1.54) is 4.70 Å². The van der Waals surface area contributed by atoms with E-state index in [0.717, 1.165) is 85.1 Å². The summed E-state index contributed by atoms with van der Waals surface area (Å²) < 4.78 is 3.26. The molecular formula is C23H27N7OS. The molecule has 2 N–H and O–H groups in total. The molecule has 6 rings (SSSR count). The zero-order valence-electron chi connectivity index (χ0n) is 17.9. The maximum Gasteiger partial charge on any atom is 0.229 e. The largest absolute Gasteiger partial charge is 0.391 e. The Hall–Kier alpha value is -2.78. The van der Waals surface area contributed by atoms with Gasteiger partial charge in [0, 0.05) is 13.1 Å². The van der Waals surface area contributed by atoms with Crippen molar-refractivity contribution in [2.75, 3.05) is 23.3 Å². The molecule has 0 spiro atoms. The van der Waals surface area contributed by atoms with E-state index >= 15 is 0 Å². The second-order valence-corrected chi connectivity index (χ2v) is 9.85. The van der Waals surface area contributed by atoms with Crippen LogP contribution in [0.3, 0.4) is 0 Å². The number of aliphatic hydroxyl groups is 1. The molecule has 0 bridgehead atoms. The van der Waals surface area contributed by atoms with Gasteiger partial charge in [0.2, 0.25) is 5.95 Å². The van der Waals surface area contributed by atoms with Gasteiger partial charge in [0.1, 0.15) is 5.01 Å².